The SMILES string of the molecule is CN(Cc1nc2ccccc2s1)C(=O)CN(C)S(=O)(=O)c1cccnc1. The molecule has 0 atom stereocenters. The van der Waals surface area contributed by atoms with E-state index in [-0.39, 0.29) is 17.3 Å². The topological polar surface area (TPSA) is 83.5 Å². The Balaban J connectivity index is 1.67. The number of amides is 1. The minimum Gasteiger partial charge on any atom is -0.338 e. The molecule has 0 aliphatic heterocycles. The highest BCUT2D eigenvalue weighted by Gasteiger charge is 2.24. The monoisotopic (exact) mass is 390 g/mol. The van der Waals surface area contributed by atoms with Crippen LogP contribution in [-0.4, -0.2) is 54.1 Å². The van der Waals surface area contributed by atoms with E-state index in [0.29, 0.717) is 6.54 Å². The van der Waals surface area contributed by atoms with Gasteiger partial charge in [-0.3, -0.25) is 9.78 Å². The Bertz CT molecular complexity index is 986. The van der Waals surface area contributed by atoms with E-state index in [4.69, 9.17) is 0 Å². The van der Waals surface area contributed by atoms with Gasteiger partial charge in [0.25, 0.3) is 0 Å². The molecule has 0 unspecified atom stereocenters. The summed E-state index contributed by atoms with van der Waals surface area (Å²) < 4.78 is 27.0. The van der Waals surface area contributed by atoms with Crippen LogP contribution in [0.4, 0.5) is 0 Å². The second-order valence-corrected chi connectivity index (χ2v) is 8.94. The van der Waals surface area contributed by atoms with Gasteiger partial charge in [-0.25, -0.2) is 13.4 Å². The molecule has 0 radical (unpaired) electrons. The summed E-state index contributed by atoms with van der Waals surface area (Å²) in [6.07, 6.45) is 2.76. The van der Waals surface area contributed by atoms with Crippen LogP contribution in [0.3, 0.4) is 0 Å². The van der Waals surface area contributed by atoms with Crippen LogP contribution >= 0.6 is 11.3 Å². The van der Waals surface area contributed by atoms with Crippen molar-refractivity contribution in [2.45, 2.75) is 11.4 Å². The molecule has 0 bridgehead atoms. The summed E-state index contributed by atoms with van der Waals surface area (Å²) in [5, 5.41) is 0.805. The van der Waals surface area contributed by atoms with Gasteiger partial charge in [0.1, 0.15) is 9.90 Å². The third-order valence-electron chi connectivity index (χ3n) is 3.84. The quantitative estimate of drug-likeness (QED) is 0.643. The lowest BCUT2D eigenvalue weighted by atomic mass is 10.3. The molecule has 3 rings (SSSR count). The molecule has 3 aromatic rings. The van der Waals surface area contributed by atoms with Crippen LogP contribution in [0.2, 0.25) is 0 Å². The van der Waals surface area contributed by atoms with Crippen molar-refractivity contribution in [1.82, 2.24) is 19.2 Å². The van der Waals surface area contributed by atoms with E-state index >= 15 is 0 Å². The molecule has 0 aliphatic rings. The number of carbonyl (C=O) groups excluding carboxylic acids is 1. The number of benzene rings is 1. The van der Waals surface area contributed by atoms with Crippen molar-refractivity contribution in [3.8, 4) is 0 Å². The fourth-order valence-corrected chi connectivity index (χ4v) is 4.46. The molecule has 7 nitrogen and oxygen atoms in total. The smallest absolute Gasteiger partial charge is 0.244 e. The van der Waals surface area contributed by atoms with Crippen molar-refractivity contribution in [2.24, 2.45) is 0 Å². The standard InChI is InChI=1S/C17H18N4O3S2/c1-20(11-16-19-14-7-3-4-8-15(14)25-16)17(22)12-21(2)26(23,24)13-6-5-9-18-10-13/h3-10H,11-12H2,1-2H3. The molecular weight excluding hydrogens is 372 g/mol. The number of rotatable bonds is 6. The fourth-order valence-electron chi connectivity index (χ4n) is 2.35. The van der Waals surface area contributed by atoms with Gasteiger partial charge >= 0.3 is 0 Å². The number of nitrogens with zero attached hydrogens (tertiary/aromatic N) is 4. The van der Waals surface area contributed by atoms with E-state index in [1.807, 2.05) is 24.3 Å². The molecule has 1 aromatic carbocycles. The highest BCUT2D eigenvalue weighted by Crippen LogP contribution is 2.22. The minimum atomic E-state index is -3.75. The lowest BCUT2D eigenvalue weighted by Gasteiger charge is -2.21. The summed E-state index contributed by atoms with van der Waals surface area (Å²) in [5.41, 5.74) is 0.893. The van der Waals surface area contributed by atoms with E-state index in [9.17, 15) is 13.2 Å². The first-order valence-electron chi connectivity index (χ1n) is 7.82. The first kappa shape index (κ1) is 18.4. The molecule has 2 aromatic heterocycles. The van der Waals surface area contributed by atoms with Crippen LogP contribution in [0.15, 0.2) is 53.7 Å². The average molecular weight is 390 g/mol. The molecule has 0 spiro atoms. The Hall–Kier alpha value is -2.36. The van der Waals surface area contributed by atoms with Crippen LogP contribution in [0.25, 0.3) is 10.2 Å². The third kappa shape index (κ3) is 3.90. The van der Waals surface area contributed by atoms with Gasteiger partial charge in [-0.1, -0.05) is 12.1 Å². The Morgan fingerprint density at radius 3 is 2.62 bits per heavy atom. The number of pyridine rings is 1. The molecule has 26 heavy (non-hydrogen) atoms. The van der Waals surface area contributed by atoms with Crippen molar-refractivity contribution >= 4 is 37.5 Å². The van der Waals surface area contributed by atoms with Crippen LogP contribution in [0.1, 0.15) is 5.01 Å². The van der Waals surface area contributed by atoms with E-state index in [2.05, 4.69) is 9.97 Å². The van der Waals surface area contributed by atoms with Gasteiger partial charge in [0.2, 0.25) is 15.9 Å². The lowest BCUT2D eigenvalue weighted by Crippen LogP contribution is -2.39. The van der Waals surface area contributed by atoms with Crippen LogP contribution in [0.5, 0.6) is 0 Å². The molecule has 0 saturated carbocycles. The fraction of sp³-hybridized carbons (Fsp3) is 0.235. The van der Waals surface area contributed by atoms with Crippen LogP contribution in [-0.2, 0) is 21.4 Å². The second-order valence-electron chi connectivity index (χ2n) is 5.77. The van der Waals surface area contributed by atoms with Crippen molar-refractivity contribution < 1.29 is 13.2 Å². The number of fused-ring (bicyclic) bond motifs is 1. The Labute approximate surface area is 156 Å². The number of hydrogen-bond acceptors (Lipinski definition) is 6. The van der Waals surface area contributed by atoms with Crippen molar-refractivity contribution in [3.05, 3.63) is 53.8 Å². The molecule has 9 heteroatoms. The normalized spacial score (nSPS) is 11.8. The van der Waals surface area contributed by atoms with Gasteiger partial charge in [0.15, 0.2) is 0 Å². The van der Waals surface area contributed by atoms with E-state index in [1.165, 1.54) is 41.7 Å². The van der Waals surface area contributed by atoms with E-state index in [0.717, 1.165) is 19.5 Å². The number of para-hydroxylation sites is 1. The highest BCUT2D eigenvalue weighted by molar-refractivity contribution is 7.89. The maximum atomic E-state index is 12.5. The average Bonchev–Trinajstić information content (AvgIpc) is 3.04. The molecule has 2 heterocycles. The number of hydrogen-bond donors (Lipinski definition) is 0. The highest BCUT2D eigenvalue weighted by atomic mass is 32.2. The third-order valence-corrected chi connectivity index (χ3v) is 6.64. The van der Waals surface area contributed by atoms with Crippen molar-refractivity contribution in [2.75, 3.05) is 20.6 Å². The molecule has 0 saturated heterocycles. The summed E-state index contributed by atoms with van der Waals surface area (Å²) in [7, 11) is -0.732. The predicted octanol–water partition coefficient (Wildman–Crippen LogP) is 1.97. The molecule has 0 aliphatic carbocycles. The minimum absolute atomic E-state index is 0.0594. The van der Waals surface area contributed by atoms with Crippen LogP contribution in [0, 0.1) is 0 Å². The largest absolute Gasteiger partial charge is 0.338 e. The van der Waals surface area contributed by atoms with Gasteiger partial charge in [0.05, 0.1) is 23.3 Å². The van der Waals surface area contributed by atoms with Gasteiger partial charge < -0.3 is 4.90 Å². The summed E-state index contributed by atoms with van der Waals surface area (Å²) in [4.78, 5) is 22.3. The van der Waals surface area contributed by atoms with E-state index in [1.54, 1.807) is 13.1 Å². The second kappa shape index (κ2) is 7.48. The number of aromatic nitrogens is 2. The predicted molar refractivity (Wildman–Crippen MR) is 100 cm³/mol. The number of likely N-dealkylation sites (N-methyl/N-ethyl adjacent to an activating group) is 2. The summed E-state index contributed by atoms with van der Waals surface area (Å²) in [6, 6.07) is 10.8. The Kier molecular flexibility index (Phi) is 5.30. The maximum absolute atomic E-state index is 12.5. The van der Waals surface area contributed by atoms with Crippen molar-refractivity contribution in [3.63, 3.8) is 0 Å². The molecule has 0 fully saturated rings. The van der Waals surface area contributed by atoms with Gasteiger partial charge in [0, 0.05) is 26.5 Å². The Morgan fingerprint density at radius 1 is 1.15 bits per heavy atom. The molecular formula is C17H18N4O3S2. The van der Waals surface area contributed by atoms with Crippen molar-refractivity contribution in [1.29, 1.82) is 0 Å². The Morgan fingerprint density at radius 2 is 1.92 bits per heavy atom. The zero-order valence-corrected chi connectivity index (χ0v) is 16.0. The van der Waals surface area contributed by atoms with Gasteiger partial charge in [-0.05, 0) is 24.3 Å². The lowest BCUT2D eigenvalue weighted by molar-refractivity contribution is -0.130. The number of sulfonamides is 1. The zero-order chi connectivity index (χ0) is 18.7. The number of thiazole rings is 1. The molecule has 1 amide bonds. The molecule has 0 N–H and O–H groups in total. The summed E-state index contributed by atoms with van der Waals surface area (Å²) in [6.45, 7) is 0.0809. The van der Waals surface area contributed by atoms with Crippen LogP contribution < -0.4 is 0 Å². The maximum Gasteiger partial charge on any atom is 0.244 e. The first-order chi connectivity index (χ1) is 12.4. The molecule has 136 valence electrons. The summed E-state index contributed by atoms with van der Waals surface area (Å²) >= 11 is 1.52. The number of carbonyl (C=O) groups is 1. The van der Waals surface area contributed by atoms with Gasteiger partial charge in [-0.15, -0.1) is 11.3 Å². The zero-order valence-electron chi connectivity index (χ0n) is 14.4. The first-order valence-corrected chi connectivity index (χ1v) is 10.1. The van der Waals surface area contributed by atoms with Gasteiger partial charge in [-0.2, -0.15) is 4.31 Å². The van der Waals surface area contributed by atoms with E-state index < -0.39 is 10.0 Å². The summed E-state index contributed by atoms with van der Waals surface area (Å²) in [5.74, 6) is -0.306.